The fourth-order valence-corrected chi connectivity index (χ4v) is 4.85. The van der Waals surface area contributed by atoms with E-state index >= 15 is 0 Å². The first-order chi connectivity index (χ1) is 16.1. The van der Waals surface area contributed by atoms with Gasteiger partial charge >= 0.3 is 0 Å². The van der Waals surface area contributed by atoms with Crippen molar-refractivity contribution in [3.63, 3.8) is 0 Å². The summed E-state index contributed by atoms with van der Waals surface area (Å²) in [6.45, 7) is 0.666. The second kappa shape index (κ2) is 12.2. The fourth-order valence-electron chi connectivity index (χ4n) is 4.85. The maximum absolute atomic E-state index is 12.9. The van der Waals surface area contributed by atoms with E-state index in [1.54, 1.807) is 0 Å². The Balaban J connectivity index is 0.00000612. The second-order valence-electron chi connectivity index (χ2n) is 9.16. The number of Topliss-reactive ketones (excluding diaryl/α,β-unsaturated/α-hetero) is 3. The van der Waals surface area contributed by atoms with Crippen LogP contribution in [0, 0.1) is 11.8 Å². The van der Waals surface area contributed by atoms with Crippen LogP contribution in [0.2, 0.25) is 0 Å². The minimum absolute atomic E-state index is 0. The molecule has 1 aromatic rings. The predicted octanol–water partition coefficient (Wildman–Crippen LogP) is 1.95. The van der Waals surface area contributed by atoms with E-state index in [1.807, 2.05) is 6.92 Å². The van der Waals surface area contributed by atoms with Gasteiger partial charge in [0, 0.05) is 27.9 Å². The van der Waals surface area contributed by atoms with Gasteiger partial charge in [-0.05, 0) is 55.2 Å². The Morgan fingerprint density at radius 1 is 1.21 bits per heavy atom. The number of nitrogens with two attached hydrogens (primary N) is 1. The van der Waals surface area contributed by atoms with Crippen LogP contribution in [-0.4, -0.2) is 62.5 Å². The van der Waals surface area contributed by atoms with Crippen molar-refractivity contribution in [2.75, 3.05) is 13.2 Å². The molecular weight excluding hydrogens is 442 g/mol. The summed E-state index contributed by atoms with van der Waals surface area (Å²) in [5.41, 5.74) is 3.72. The number of aromatic hydroxyl groups is 1. The number of benzene rings is 1. The highest BCUT2D eigenvalue weighted by Gasteiger charge is 2.45. The molecule has 1 amide bonds. The normalized spacial score (nSPS) is 18.1. The summed E-state index contributed by atoms with van der Waals surface area (Å²) < 4.78 is 0. The van der Waals surface area contributed by atoms with Gasteiger partial charge in [0.2, 0.25) is 5.91 Å². The van der Waals surface area contributed by atoms with Crippen molar-refractivity contribution < 1.29 is 42.5 Å². The highest BCUT2D eigenvalue weighted by molar-refractivity contribution is 6.06. The molecule has 1 aliphatic carbocycles. The molecule has 0 fully saturated rings. The van der Waals surface area contributed by atoms with Crippen LogP contribution in [0.3, 0.4) is 0 Å². The number of hydrogen-bond donors (Lipinski definition) is 5. The SMILES string of the molecule is CCCCCC(=O)c1ccc(O)c2c1CC(CC(CCO)[C@](O)(CO)C(=O)CC(N)=O)CC2=O.[HH].[HH]. The van der Waals surface area contributed by atoms with E-state index in [1.165, 1.54) is 12.1 Å². The van der Waals surface area contributed by atoms with Gasteiger partial charge in [-0.1, -0.05) is 19.8 Å². The Hall–Kier alpha value is -2.62. The molecule has 9 heteroatoms. The lowest BCUT2D eigenvalue weighted by Crippen LogP contribution is -2.51. The van der Waals surface area contributed by atoms with Crippen molar-refractivity contribution in [1.29, 1.82) is 0 Å². The maximum atomic E-state index is 12.9. The van der Waals surface area contributed by atoms with Gasteiger partial charge in [-0.3, -0.25) is 19.2 Å². The third-order valence-corrected chi connectivity index (χ3v) is 6.67. The molecule has 0 bridgehead atoms. The quantitative estimate of drug-likeness (QED) is 0.152. The highest BCUT2D eigenvalue weighted by Crippen LogP contribution is 2.39. The first-order valence-corrected chi connectivity index (χ1v) is 11.8. The Morgan fingerprint density at radius 2 is 1.91 bits per heavy atom. The summed E-state index contributed by atoms with van der Waals surface area (Å²) in [5, 5.41) is 40.6. The molecule has 2 unspecified atom stereocenters. The Kier molecular flexibility index (Phi) is 9.90. The minimum Gasteiger partial charge on any atom is -0.507 e. The first kappa shape index (κ1) is 27.6. The average molecular weight is 482 g/mol. The third-order valence-electron chi connectivity index (χ3n) is 6.67. The van der Waals surface area contributed by atoms with Crippen LogP contribution in [0.1, 0.15) is 87.4 Å². The van der Waals surface area contributed by atoms with Gasteiger partial charge in [-0.15, -0.1) is 0 Å². The molecule has 1 aliphatic rings. The molecule has 34 heavy (non-hydrogen) atoms. The summed E-state index contributed by atoms with van der Waals surface area (Å²) in [7, 11) is 0. The molecule has 0 saturated heterocycles. The number of carbonyl (C=O) groups excluding carboxylic acids is 4. The zero-order chi connectivity index (χ0) is 25.5. The van der Waals surface area contributed by atoms with E-state index in [2.05, 4.69) is 0 Å². The first-order valence-electron chi connectivity index (χ1n) is 11.8. The van der Waals surface area contributed by atoms with E-state index in [-0.39, 0.29) is 51.4 Å². The van der Waals surface area contributed by atoms with Crippen LogP contribution in [0.4, 0.5) is 0 Å². The Labute approximate surface area is 201 Å². The minimum atomic E-state index is -2.31. The molecule has 0 radical (unpaired) electrons. The lowest BCUT2D eigenvalue weighted by molar-refractivity contribution is -0.153. The number of unbranched alkanes of at least 4 members (excludes halogenated alkanes) is 2. The lowest BCUT2D eigenvalue weighted by Gasteiger charge is -2.36. The highest BCUT2D eigenvalue weighted by atomic mass is 16.3. The Bertz CT molecular complexity index is 939. The molecule has 0 aliphatic heterocycles. The molecule has 0 aromatic heterocycles. The van der Waals surface area contributed by atoms with Gasteiger partial charge in [0.15, 0.2) is 17.3 Å². The summed E-state index contributed by atoms with van der Waals surface area (Å²) in [6, 6.07) is 2.87. The number of amides is 1. The Morgan fingerprint density at radius 3 is 2.50 bits per heavy atom. The summed E-state index contributed by atoms with van der Waals surface area (Å²) in [5.74, 6) is -3.94. The number of aliphatic hydroxyl groups excluding tert-OH is 2. The van der Waals surface area contributed by atoms with Gasteiger partial charge in [-0.2, -0.15) is 0 Å². The molecule has 192 valence electrons. The monoisotopic (exact) mass is 481 g/mol. The fraction of sp³-hybridized carbons (Fsp3) is 0.600. The van der Waals surface area contributed by atoms with E-state index in [0.717, 1.165) is 12.8 Å². The smallest absolute Gasteiger partial charge is 0.224 e. The summed E-state index contributed by atoms with van der Waals surface area (Å²) in [6.07, 6.45) is 2.39. The maximum Gasteiger partial charge on any atom is 0.224 e. The number of rotatable bonds is 14. The lowest BCUT2D eigenvalue weighted by atomic mass is 9.71. The summed E-state index contributed by atoms with van der Waals surface area (Å²) >= 11 is 0. The predicted molar refractivity (Wildman–Crippen MR) is 128 cm³/mol. The van der Waals surface area contributed by atoms with Crippen molar-refractivity contribution in [2.45, 2.75) is 70.3 Å². The molecular formula is C25H39NO8. The number of fused-ring (bicyclic) bond motifs is 1. The van der Waals surface area contributed by atoms with Crippen molar-refractivity contribution in [1.82, 2.24) is 0 Å². The van der Waals surface area contributed by atoms with Crippen LogP contribution in [0.5, 0.6) is 5.75 Å². The van der Waals surface area contributed by atoms with E-state index in [9.17, 15) is 39.6 Å². The molecule has 0 saturated carbocycles. The van der Waals surface area contributed by atoms with Crippen molar-refractivity contribution in [2.24, 2.45) is 17.6 Å². The van der Waals surface area contributed by atoms with Crippen molar-refractivity contribution in [3.8, 4) is 5.75 Å². The molecule has 6 N–H and O–H groups in total. The van der Waals surface area contributed by atoms with Crippen LogP contribution in [0.15, 0.2) is 12.1 Å². The number of aliphatic hydroxyl groups is 3. The van der Waals surface area contributed by atoms with Gasteiger partial charge in [0.1, 0.15) is 11.4 Å². The van der Waals surface area contributed by atoms with Crippen molar-refractivity contribution >= 4 is 23.3 Å². The van der Waals surface area contributed by atoms with Crippen LogP contribution >= 0.6 is 0 Å². The zero-order valence-electron chi connectivity index (χ0n) is 19.6. The molecule has 3 atom stereocenters. The number of hydrogen-bond acceptors (Lipinski definition) is 8. The number of carbonyl (C=O) groups is 4. The molecule has 1 aromatic carbocycles. The number of primary amides is 1. The standard InChI is InChI=1S/C25H35NO8.2H2/c1-2-3-4-5-19(29)17-6-7-20(30)24-18(17)11-15(12-21(24)31)10-16(8-9-27)25(34,14-28)22(32)13-23(26)33;;/h6-7,15-16,27-28,30,34H,2-5,8-14H2,1H3,(H2,26,33);2*1H/t15?,16?,25-;;/m1../s1. The molecule has 2 rings (SSSR count). The number of phenolic OH excluding ortho intramolecular Hbond substituents is 1. The van der Waals surface area contributed by atoms with Crippen molar-refractivity contribution in [3.05, 3.63) is 28.8 Å². The average Bonchev–Trinajstić information content (AvgIpc) is 2.77. The van der Waals surface area contributed by atoms with Crippen LogP contribution < -0.4 is 5.73 Å². The van der Waals surface area contributed by atoms with Gasteiger partial charge < -0.3 is 26.2 Å². The van der Waals surface area contributed by atoms with E-state index < -0.39 is 48.8 Å². The summed E-state index contributed by atoms with van der Waals surface area (Å²) in [4.78, 5) is 49.5. The van der Waals surface area contributed by atoms with Gasteiger partial charge in [0.25, 0.3) is 0 Å². The van der Waals surface area contributed by atoms with E-state index in [4.69, 9.17) is 5.73 Å². The van der Waals surface area contributed by atoms with Gasteiger partial charge in [-0.25, -0.2) is 0 Å². The zero-order valence-corrected chi connectivity index (χ0v) is 19.6. The van der Waals surface area contributed by atoms with Gasteiger partial charge in [0.05, 0.1) is 18.6 Å². The largest absolute Gasteiger partial charge is 0.507 e. The third kappa shape index (κ3) is 6.28. The van der Waals surface area contributed by atoms with E-state index in [0.29, 0.717) is 24.0 Å². The molecule has 0 heterocycles. The number of ketones is 3. The van der Waals surface area contributed by atoms with Crippen LogP contribution in [0.25, 0.3) is 0 Å². The molecule has 9 nitrogen and oxygen atoms in total. The molecule has 0 spiro atoms. The second-order valence-corrected chi connectivity index (χ2v) is 9.16. The number of phenols is 1. The topological polar surface area (TPSA) is 175 Å². The van der Waals surface area contributed by atoms with Crippen LogP contribution in [-0.2, 0) is 16.0 Å².